The molecule has 5 rings (SSSR count). The second-order valence-electron chi connectivity index (χ2n) is 9.04. The summed E-state index contributed by atoms with van der Waals surface area (Å²) in [5.74, 6) is 2.63. The summed E-state index contributed by atoms with van der Waals surface area (Å²) in [6.45, 7) is 0.579. The number of benzene rings is 2. The van der Waals surface area contributed by atoms with E-state index in [4.69, 9.17) is 10.5 Å². The van der Waals surface area contributed by atoms with Crippen LogP contribution in [0.15, 0.2) is 48.7 Å². The Labute approximate surface area is 213 Å². The summed E-state index contributed by atoms with van der Waals surface area (Å²) in [5, 5.41) is 16.3. The summed E-state index contributed by atoms with van der Waals surface area (Å²) >= 11 is 1.71. The molecule has 186 valence electrons. The van der Waals surface area contributed by atoms with Crippen molar-refractivity contribution in [3.8, 4) is 17.6 Å². The molecule has 5 N–H and O–H groups in total. The number of rotatable bonds is 7. The zero-order chi connectivity index (χ0) is 25.1. The Bertz CT molecular complexity index is 1300. The highest BCUT2D eigenvalue weighted by atomic mass is 32.2. The van der Waals surface area contributed by atoms with Crippen molar-refractivity contribution in [2.24, 2.45) is 5.73 Å². The molecule has 0 aliphatic carbocycles. The van der Waals surface area contributed by atoms with Crippen LogP contribution < -0.4 is 21.1 Å². The minimum absolute atomic E-state index is 0.0383. The third-order valence-electron chi connectivity index (χ3n) is 6.57. The third-order valence-corrected chi connectivity index (χ3v) is 7.51. The SMILES string of the molecule is N#C[C@@H]1CCCN1C(=O)[C@@H](N)Cc1c[nH]c2ccc(Oc3ccc(NC(=O)C4CSCN4)cc3)cc12. The van der Waals surface area contributed by atoms with Crippen LogP contribution in [0.4, 0.5) is 5.69 Å². The number of carbonyl (C=O) groups is 2. The number of aromatic nitrogens is 1. The van der Waals surface area contributed by atoms with Gasteiger partial charge in [-0.15, -0.1) is 11.8 Å². The number of nitriles is 1. The molecule has 0 saturated carbocycles. The fourth-order valence-electron chi connectivity index (χ4n) is 4.63. The second kappa shape index (κ2) is 10.6. The predicted octanol–water partition coefficient (Wildman–Crippen LogP) is 2.95. The molecule has 2 fully saturated rings. The number of fused-ring (bicyclic) bond motifs is 1. The number of hydrogen-bond donors (Lipinski definition) is 4. The average Bonchev–Trinajstić information content (AvgIpc) is 3.66. The number of nitrogens with two attached hydrogens (primary N) is 1. The Balaban J connectivity index is 1.24. The Morgan fingerprint density at radius 3 is 2.81 bits per heavy atom. The summed E-state index contributed by atoms with van der Waals surface area (Å²) in [6, 6.07) is 13.9. The zero-order valence-corrected chi connectivity index (χ0v) is 20.5. The van der Waals surface area contributed by atoms with E-state index in [9.17, 15) is 14.9 Å². The standard InChI is InChI=1S/C26H28N6O3S/c27-12-18-2-1-9-32(18)26(34)22(28)10-16-13-29-23-8-7-20(11-21(16)23)35-19-5-3-17(4-6-19)31-25(33)24-14-36-15-30-24/h3-8,11,13,18,22,24,29-30H,1-2,9-10,14-15,28H2,(H,31,33)/t18-,22-,24?/m0/s1. The van der Waals surface area contributed by atoms with Gasteiger partial charge < -0.3 is 25.7 Å². The van der Waals surface area contributed by atoms with Crippen molar-refractivity contribution in [3.63, 3.8) is 0 Å². The van der Waals surface area contributed by atoms with E-state index in [1.807, 2.05) is 48.7 Å². The molecule has 2 aromatic carbocycles. The molecule has 10 heteroatoms. The van der Waals surface area contributed by atoms with E-state index in [0.717, 1.165) is 34.5 Å². The van der Waals surface area contributed by atoms with Crippen molar-refractivity contribution in [3.05, 3.63) is 54.2 Å². The monoisotopic (exact) mass is 504 g/mol. The normalized spacial score (nSPS) is 20.3. The van der Waals surface area contributed by atoms with Gasteiger partial charge in [0.2, 0.25) is 11.8 Å². The molecule has 1 unspecified atom stereocenters. The Morgan fingerprint density at radius 2 is 2.06 bits per heavy atom. The molecule has 1 aromatic heterocycles. The zero-order valence-electron chi connectivity index (χ0n) is 19.7. The quantitative estimate of drug-likeness (QED) is 0.388. The summed E-state index contributed by atoms with van der Waals surface area (Å²) in [6.07, 6.45) is 3.75. The first-order valence-electron chi connectivity index (χ1n) is 12.0. The van der Waals surface area contributed by atoms with Gasteiger partial charge in [0.05, 0.1) is 18.2 Å². The van der Waals surface area contributed by atoms with Crippen LogP contribution in [0.5, 0.6) is 11.5 Å². The number of H-pyrrole nitrogens is 1. The molecular weight excluding hydrogens is 476 g/mol. The van der Waals surface area contributed by atoms with Gasteiger partial charge in [-0.05, 0) is 67.3 Å². The predicted molar refractivity (Wildman–Crippen MR) is 140 cm³/mol. The number of ether oxygens (including phenoxy) is 1. The van der Waals surface area contributed by atoms with Gasteiger partial charge in [-0.25, -0.2) is 0 Å². The molecule has 2 aliphatic rings. The van der Waals surface area contributed by atoms with E-state index in [1.165, 1.54) is 0 Å². The summed E-state index contributed by atoms with van der Waals surface area (Å²) < 4.78 is 6.05. The summed E-state index contributed by atoms with van der Waals surface area (Å²) in [7, 11) is 0. The van der Waals surface area contributed by atoms with Crippen molar-refractivity contribution in [1.82, 2.24) is 15.2 Å². The third kappa shape index (κ3) is 5.18. The Morgan fingerprint density at radius 1 is 1.25 bits per heavy atom. The first-order chi connectivity index (χ1) is 17.5. The lowest BCUT2D eigenvalue weighted by atomic mass is 10.0. The molecule has 36 heavy (non-hydrogen) atoms. The van der Waals surface area contributed by atoms with Crippen LogP contribution in [0.3, 0.4) is 0 Å². The van der Waals surface area contributed by atoms with E-state index in [-0.39, 0.29) is 23.9 Å². The number of aromatic amines is 1. The minimum atomic E-state index is -0.719. The van der Waals surface area contributed by atoms with Gasteiger partial charge in [0, 0.05) is 41.0 Å². The van der Waals surface area contributed by atoms with Crippen LogP contribution in [0, 0.1) is 11.3 Å². The smallest absolute Gasteiger partial charge is 0.242 e. The molecule has 0 radical (unpaired) electrons. The summed E-state index contributed by atoms with van der Waals surface area (Å²) in [4.78, 5) is 29.9. The maximum absolute atomic E-state index is 12.8. The molecule has 0 spiro atoms. The highest BCUT2D eigenvalue weighted by molar-refractivity contribution is 7.99. The van der Waals surface area contributed by atoms with Crippen molar-refractivity contribution in [2.75, 3.05) is 23.5 Å². The fourth-order valence-corrected chi connectivity index (χ4v) is 5.57. The van der Waals surface area contributed by atoms with Crippen molar-refractivity contribution < 1.29 is 14.3 Å². The lowest BCUT2D eigenvalue weighted by Gasteiger charge is -2.23. The number of nitrogens with zero attached hydrogens (tertiary/aromatic N) is 2. The molecule has 3 atom stereocenters. The first kappa shape index (κ1) is 24.2. The molecule has 2 aliphatic heterocycles. The maximum atomic E-state index is 12.8. The minimum Gasteiger partial charge on any atom is -0.457 e. The maximum Gasteiger partial charge on any atom is 0.242 e. The number of amides is 2. The molecule has 2 saturated heterocycles. The van der Waals surface area contributed by atoms with Gasteiger partial charge in [-0.2, -0.15) is 5.26 Å². The van der Waals surface area contributed by atoms with E-state index in [1.54, 1.807) is 16.7 Å². The number of anilines is 1. The van der Waals surface area contributed by atoms with E-state index < -0.39 is 6.04 Å². The fraction of sp³-hybridized carbons (Fsp3) is 0.346. The largest absolute Gasteiger partial charge is 0.457 e. The van der Waals surface area contributed by atoms with E-state index >= 15 is 0 Å². The van der Waals surface area contributed by atoms with Gasteiger partial charge >= 0.3 is 0 Å². The van der Waals surface area contributed by atoms with Gasteiger partial charge in [-0.1, -0.05) is 0 Å². The number of hydrogen-bond acceptors (Lipinski definition) is 7. The molecule has 0 bridgehead atoms. The van der Waals surface area contributed by atoms with E-state index in [2.05, 4.69) is 21.7 Å². The van der Waals surface area contributed by atoms with Gasteiger partial charge in [0.25, 0.3) is 0 Å². The highest BCUT2D eigenvalue weighted by Gasteiger charge is 2.32. The number of nitrogens with one attached hydrogen (secondary N) is 3. The Kier molecular flexibility index (Phi) is 7.13. The van der Waals surface area contributed by atoms with Crippen molar-refractivity contribution in [2.45, 2.75) is 37.4 Å². The summed E-state index contributed by atoms with van der Waals surface area (Å²) in [5.41, 5.74) is 8.82. The molecule has 9 nitrogen and oxygen atoms in total. The molecule has 3 heterocycles. The van der Waals surface area contributed by atoms with Crippen LogP contribution in [-0.2, 0) is 16.0 Å². The number of thioether (sulfide) groups is 1. The number of likely N-dealkylation sites (tertiary alicyclic amines) is 1. The molecular formula is C26H28N6O3S. The van der Waals surface area contributed by atoms with Crippen LogP contribution in [0.25, 0.3) is 10.9 Å². The topological polar surface area (TPSA) is 136 Å². The second-order valence-corrected chi connectivity index (χ2v) is 10.1. The van der Waals surface area contributed by atoms with Crippen LogP contribution in [-0.4, -0.2) is 58.0 Å². The lowest BCUT2D eigenvalue weighted by Crippen LogP contribution is -2.46. The first-order valence-corrected chi connectivity index (χ1v) is 13.1. The average molecular weight is 505 g/mol. The van der Waals surface area contributed by atoms with Crippen molar-refractivity contribution in [1.29, 1.82) is 5.26 Å². The number of carbonyl (C=O) groups excluding carboxylic acids is 2. The Hall–Kier alpha value is -3.52. The van der Waals surface area contributed by atoms with Crippen LogP contribution in [0.1, 0.15) is 18.4 Å². The van der Waals surface area contributed by atoms with Crippen molar-refractivity contribution >= 4 is 40.2 Å². The van der Waals surface area contributed by atoms with Gasteiger partial charge in [-0.3, -0.25) is 14.9 Å². The highest BCUT2D eigenvalue weighted by Crippen LogP contribution is 2.29. The molecule has 3 aromatic rings. The van der Waals surface area contributed by atoms with Gasteiger partial charge in [0.1, 0.15) is 17.5 Å². The van der Waals surface area contributed by atoms with Crippen LogP contribution in [0.2, 0.25) is 0 Å². The van der Waals surface area contributed by atoms with Crippen LogP contribution >= 0.6 is 11.8 Å². The lowest BCUT2D eigenvalue weighted by molar-refractivity contribution is -0.132. The van der Waals surface area contributed by atoms with E-state index in [0.29, 0.717) is 36.6 Å². The van der Waals surface area contributed by atoms with Gasteiger partial charge in [0.15, 0.2) is 0 Å². The molecule has 2 amide bonds.